The van der Waals surface area contributed by atoms with Gasteiger partial charge in [-0.25, -0.2) is 0 Å². The third-order valence-corrected chi connectivity index (χ3v) is 6.48. The number of halogens is 3. The maximum absolute atomic E-state index is 12.2. The molecule has 0 saturated heterocycles. The number of carbonyl (C=O) groups is 1. The highest BCUT2D eigenvalue weighted by Crippen LogP contribution is 2.25. The van der Waals surface area contributed by atoms with Crippen LogP contribution < -0.4 is 9.47 Å². The van der Waals surface area contributed by atoms with Crippen LogP contribution in [0.2, 0.25) is 0 Å². The van der Waals surface area contributed by atoms with Gasteiger partial charge >= 0.3 is 12.1 Å². The van der Waals surface area contributed by atoms with Crippen molar-refractivity contribution in [3.8, 4) is 23.3 Å². The Kier molecular flexibility index (Phi) is 14.3. The topological polar surface area (TPSA) is 55.8 Å². The van der Waals surface area contributed by atoms with Crippen molar-refractivity contribution in [3.05, 3.63) is 59.7 Å². The fraction of sp³-hybridized carbons (Fsp3) is 0.531. The highest BCUT2D eigenvalue weighted by Gasteiger charge is 2.25. The Hall–Kier alpha value is -3.14. The van der Waals surface area contributed by atoms with E-state index in [1.165, 1.54) is 0 Å². The third kappa shape index (κ3) is 14.0. The molecule has 0 saturated carbocycles. The lowest BCUT2D eigenvalue weighted by Gasteiger charge is -2.18. The van der Waals surface area contributed by atoms with E-state index in [-0.39, 0.29) is 24.9 Å². The number of carboxylic acids is 1. The van der Waals surface area contributed by atoms with E-state index >= 15 is 0 Å². The molecular formula is C32H41F3O4. The fourth-order valence-electron chi connectivity index (χ4n) is 4.37. The summed E-state index contributed by atoms with van der Waals surface area (Å²) in [6, 6.07) is 15.4. The summed E-state index contributed by atoms with van der Waals surface area (Å²) < 4.78 is 48.6. The Morgan fingerprint density at radius 2 is 1.59 bits per heavy atom. The average Bonchev–Trinajstić information content (AvgIpc) is 2.88. The zero-order valence-electron chi connectivity index (χ0n) is 23.1. The molecule has 0 radical (unpaired) electrons. The molecule has 0 amide bonds. The van der Waals surface area contributed by atoms with Gasteiger partial charge in [0.05, 0.1) is 25.0 Å². The van der Waals surface area contributed by atoms with Crippen LogP contribution in [0.5, 0.6) is 11.5 Å². The van der Waals surface area contributed by atoms with Gasteiger partial charge in [-0.2, -0.15) is 13.2 Å². The first kappa shape index (κ1) is 32.1. The van der Waals surface area contributed by atoms with Gasteiger partial charge in [0, 0.05) is 12.8 Å². The quantitative estimate of drug-likeness (QED) is 0.150. The summed E-state index contributed by atoms with van der Waals surface area (Å²) in [5.41, 5.74) is 2.02. The van der Waals surface area contributed by atoms with Crippen molar-refractivity contribution in [2.45, 2.75) is 103 Å². The van der Waals surface area contributed by atoms with E-state index < -0.39 is 18.6 Å². The van der Waals surface area contributed by atoms with E-state index in [0.29, 0.717) is 25.2 Å². The fourth-order valence-corrected chi connectivity index (χ4v) is 4.37. The van der Waals surface area contributed by atoms with Crippen molar-refractivity contribution < 1.29 is 32.5 Å². The monoisotopic (exact) mass is 546 g/mol. The molecule has 0 aromatic heterocycles. The van der Waals surface area contributed by atoms with Gasteiger partial charge in [0.1, 0.15) is 11.5 Å². The van der Waals surface area contributed by atoms with Crippen LogP contribution in [0.4, 0.5) is 13.2 Å². The Morgan fingerprint density at radius 1 is 0.949 bits per heavy atom. The summed E-state index contributed by atoms with van der Waals surface area (Å²) in [7, 11) is 0. The molecular weight excluding hydrogens is 505 g/mol. The van der Waals surface area contributed by atoms with E-state index in [4.69, 9.17) is 14.6 Å². The summed E-state index contributed by atoms with van der Waals surface area (Å²) in [6.07, 6.45) is 2.65. The number of para-hydroxylation sites is 1. The van der Waals surface area contributed by atoms with Gasteiger partial charge in [0.25, 0.3) is 0 Å². The van der Waals surface area contributed by atoms with Crippen LogP contribution in [-0.2, 0) is 11.2 Å². The molecule has 0 heterocycles. The van der Waals surface area contributed by atoms with Crippen molar-refractivity contribution in [1.29, 1.82) is 0 Å². The minimum Gasteiger partial charge on any atom is -0.493 e. The lowest BCUT2D eigenvalue weighted by atomic mass is 9.96. The molecule has 0 spiro atoms. The van der Waals surface area contributed by atoms with Crippen molar-refractivity contribution in [3.63, 3.8) is 0 Å². The smallest absolute Gasteiger partial charge is 0.389 e. The normalized spacial score (nSPS) is 12.7. The molecule has 4 nitrogen and oxygen atoms in total. The molecule has 0 aliphatic rings. The number of aliphatic carboxylic acids is 1. The van der Waals surface area contributed by atoms with E-state index in [1.54, 1.807) is 6.92 Å². The first-order valence-corrected chi connectivity index (χ1v) is 13.9. The molecule has 1 N–H and O–H groups in total. The molecule has 1 unspecified atom stereocenters. The second kappa shape index (κ2) is 17.4. The number of benzene rings is 2. The number of unbranched alkanes of at least 4 members (excludes halogenated alkanes) is 6. The molecule has 0 aliphatic heterocycles. The maximum Gasteiger partial charge on any atom is 0.389 e. The van der Waals surface area contributed by atoms with Crippen molar-refractivity contribution in [2.24, 2.45) is 0 Å². The second-order valence-corrected chi connectivity index (χ2v) is 9.88. The Bertz CT molecular complexity index is 1040. The first-order chi connectivity index (χ1) is 18.7. The zero-order valence-corrected chi connectivity index (χ0v) is 23.1. The van der Waals surface area contributed by atoms with Gasteiger partial charge in [-0.05, 0) is 62.4 Å². The van der Waals surface area contributed by atoms with Crippen LogP contribution in [0.15, 0.2) is 48.5 Å². The highest BCUT2D eigenvalue weighted by molar-refractivity contribution is 5.69. The lowest BCUT2D eigenvalue weighted by Crippen LogP contribution is -2.16. The van der Waals surface area contributed by atoms with E-state index in [9.17, 15) is 18.0 Å². The van der Waals surface area contributed by atoms with Gasteiger partial charge < -0.3 is 14.6 Å². The molecule has 2 aromatic rings. The SMILES string of the molecule is CC#CC(CC(=O)O)c1ccc(OCC[C@H](C)Oc2ccccc2CCCCCCCCCC(F)(F)F)cc1. The largest absolute Gasteiger partial charge is 0.493 e. The number of aryl methyl sites for hydroxylation is 1. The number of rotatable bonds is 18. The predicted octanol–water partition coefficient (Wildman–Crippen LogP) is 8.73. The predicted molar refractivity (Wildman–Crippen MR) is 148 cm³/mol. The molecule has 0 bridgehead atoms. The van der Waals surface area contributed by atoms with Crippen LogP contribution in [0.1, 0.15) is 95.1 Å². The number of carboxylic acid groups (broad SMARTS) is 1. The Morgan fingerprint density at radius 3 is 2.23 bits per heavy atom. The van der Waals surface area contributed by atoms with E-state index in [2.05, 4.69) is 17.9 Å². The molecule has 39 heavy (non-hydrogen) atoms. The van der Waals surface area contributed by atoms with E-state index in [0.717, 1.165) is 55.4 Å². The number of hydrogen-bond donors (Lipinski definition) is 1. The minimum absolute atomic E-state index is 0.0360. The third-order valence-electron chi connectivity index (χ3n) is 6.48. The summed E-state index contributed by atoms with van der Waals surface area (Å²) in [5.74, 6) is 6.12. The van der Waals surface area contributed by atoms with Crippen LogP contribution in [-0.4, -0.2) is 30.0 Å². The average molecular weight is 547 g/mol. The van der Waals surface area contributed by atoms with Crippen LogP contribution >= 0.6 is 0 Å². The standard InChI is InChI=1S/C32H41F3O4/c1-3-13-28(24-31(36)37)26-17-19-29(20-18-26)38-23-21-25(2)39-30-16-11-10-15-27(30)14-9-7-5-4-6-8-12-22-32(33,34)35/h10-11,15-20,25,28H,4-9,12,14,21-24H2,1-2H3,(H,36,37)/t25-,28?/m0/s1. The zero-order chi connectivity index (χ0) is 28.5. The van der Waals surface area contributed by atoms with Crippen LogP contribution in [0.25, 0.3) is 0 Å². The van der Waals surface area contributed by atoms with E-state index in [1.807, 2.05) is 49.4 Å². The van der Waals surface area contributed by atoms with Crippen LogP contribution in [0.3, 0.4) is 0 Å². The van der Waals surface area contributed by atoms with Crippen molar-refractivity contribution >= 4 is 5.97 Å². The van der Waals surface area contributed by atoms with Gasteiger partial charge in [-0.1, -0.05) is 68.4 Å². The van der Waals surface area contributed by atoms with Crippen LogP contribution in [0, 0.1) is 11.8 Å². The van der Waals surface area contributed by atoms with Crippen molar-refractivity contribution in [1.82, 2.24) is 0 Å². The molecule has 2 atom stereocenters. The second-order valence-electron chi connectivity index (χ2n) is 9.88. The summed E-state index contributed by atoms with van der Waals surface area (Å²) >= 11 is 0. The molecule has 0 fully saturated rings. The Labute approximate surface area is 230 Å². The van der Waals surface area contributed by atoms with Gasteiger partial charge in [-0.15, -0.1) is 5.92 Å². The first-order valence-electron chi connectivity index (χ1n) is 13.9. The van der Waals surface area contributed by atoms with Crippen molar-refractivity contribution in [2.75, 3.05) is 6.61 Å². The number of hydrogen-bond acceptors (Lipinski definition) is 3. The molecule has 214 valence electrons. The summed E-state index contributed by atoms with van der Waals surface area (Å²) in [4.78, 5) is 11.1. The molecule has 0 aliphatic carbocycles. The number of alkyl halides is 3. The molecule has 7 heteroatoms. The summed E-state index contributed by atoms with van der Waals surface area (Å²) in [6.45, 7) is 4.20. The molecule has 2 aromatic carbocycles. The number of ether oxygens (including phenoxy) is 2. The Balaban J connectivity index is 1.69. The summed E-state index contributed by atoms with van der Waals surface area (Å²) in [5, 5.41) is 9.10. The lowest BCUT2D eigenvalue weighted by molar-refractivity contribution is -0.137. The highest BCUT2D eigenvalue weighted by atomic mass is 19.4. The van der Waals surface area contributed by atoms with Gasteiger partial charge in [-0.3, -0.25) is 4.79 Å². The molecule has 2 rings (SSSR count). The minimum atomic E-state index is -4.04. The van der Waals surface area contributed by atoms with Gasteiger partial charge in [0.2, 0.25) is 0 Å². The van der Waals surface area contributed by atoms with Gasteiger partial charge in [0.15, 0.2) is 0 Å². The maximum atomic E-state index is 12.2.